The maximum Gasteiger partial charge on any atom is 0.222 e. The minimum absolute atomic E-state index is 0.154. The highest BCUT2D eigenvalue weighted by atomic mass is 15.2. The summed E-state index contributed by atoms with van der Waals surface area (Å²) in [5, 5.41) is 0. The molecule has 0 bridgehead atoms. The van der Waals surface area contributed by atoms with E-state index in [1.807, 2.05) is 30.3 Å². The molecule has 0 aliphatic heterocycles. The Bertz CT molecular complexity index is 1090. The number of pyridine rings is 1. The number of rotatable bonds is 5. The van der Waals surface area contributed by atoms with E-state index in [0.29, 0.717) is 16.9 Å². The second kappa shape index (κ2) is 7.52. The second-order valence-corrected chi connectivity index (χ2v) is 6.57. The number of aromatic nitrogens is 3. The summed E-state index contributed by atoms with van der Waals surface area (Å²) >= 11 is 0. The number of fused-ring (bicyclic) bond motifs is 1. The SMILES string of the molecule is CCCN(c1ccc(-c2ccccc2)cc1)c1ccc2nc(N)nc(N)c2n1. The van der Waals surface area contributed by atoms with Gasteiger partial charge in [0.2, 0.25) is 5.95 Å². The zero-order chi connectivity index (χ0) is 19.5. The number of nitrogens with two attached hydrogens (primary N) is 2. The van der Waals surface area contributed by atoms with Crippen molar-refractivity contribution in [1.82, 2.24) is 15.0 Å². The smallest absolute Gasteiger partial charge is 0.222 e. The topological polar surface area (TPSA) is 94.0 Å². The van der Waals surface area contributed by atoms with Crippen molar-refractivity contribution in [3.05, 3.63) is 66.7 Å². The Labute approximate surface area is 163 Å². The zero-order valence-corrected chi connectivity index (χ0v) is 15.7. The molecular weight excluding hydrogens is 348 g/mol. The van der Waals surface area contributed by atoms with E-state index in [1.165, 1.54) is 11.1 Å². The third kappa shape index (κ3) is 3.44. The van der Waals surface area contributed by atoms with Crippen LogP contribution in [0.4, 0.5) is 23.3 Å². The van der Waals surface area contributed by atoms with Crippen molar-refractivity contribution in [2.24, 2.45) is 0 Å². The molecule has 0 radical (unpaired) electrons. The second-order valence-electron chi connectivity index (χ2n) is 6.57. The van der Waals surface area contributed by atoms with E-state index in [4.69, 9.17) is 16.5 Å². The van der Waals surface area contributed by atoms with Gasteiger partial charge in [0.15, 0.2) is 5.82 Å². The van der Waals surface area contributed by atoms with Gasteiger partial charge in [-0.1, -0.05) is 49.4 Å². The summed E-state index contributed by atoms with van der Waals surface area (Å²) in [4.78, 5) is 15.1. The molecule has 4 aromatic rings. The van der Waals surface area contributed by atoms with E-state index in [1.54, 1.807) is 0 Å². The van der Waals surface area contributed by atoms with Crippen LogP contribution in [-0.4, -0.2) is 21.5 Å². The highest BCUT2D eigenvalue weighted by molar-refractivity contribution is 5.86. The van der Waals surface area contributed by atoms with Crippen LogP contribution in [0.25, 0.3) is 22.2 Å². The molecule has 2 heterocycles. The van der Waals surface area contributed by atoms with Crippen LogP contribution in [0.3, 0.4) is 0 Å². The van der Waals surface area contributed by atoms with E-state index in [9.17, 15) is 0 Å². The molecule has 6 heteroatoms. The molecule has 2 aromatic carbocycles. The summed E-state index contributed by atoms with van der Waals surface area (Å²) in [6, 6.07) is 22.7. The first kappa shape index (κ1) is 17.7. The van der Waals surface area contributed by atoms with E-state index in [0.717, 1.165) is 24.5 Å². The van der Waals surface area contributed by atoms with Crippen molar-refractivity contribution in [1.29, 1.82) is 0 Å². The van der Waals surface area contributed by atoms with Gasteiger partial charge in [0.25, 0.3) is 0 Å². The number of nitrogens with zero attached hydrogens (tertiary/aromatic N) is 4. The summed E-state index contributed by atoms with van der Waals surface area (Å²) < 4.78 is 0. The lowest BCUT2D eigenvalue weighted by atomic mass is 10.1. The number of hydrogen-bond acceptors (Lipinski definition) is 6. The fourth-order valence-electron chi connectivity index (χ4n) is 3.26. The van der Waals surface area contributed by atoms with Crippen molar-refractivity contribution in [2.75, 3.05) is 22.9 Å². The Morgan fingerprint density at radius 2 is 1.50 bits per heavy atom. The molecular formula is C22H22N6. The summed E-state index contributed by atoms with van der Waals surface area (Å²) in [6.07, 6.45) is 0.980. The van der Waals surface area contributed by atoms with Gasteiger partial charge in [0.05, 0.1) is 5.52 Å². The van der Waals surface area contributed by atoms with Gasteiger partial charge in [-0.2, -0.15) is 4.98 Å². The van der Waals surface area contributed by atoms with E-state index in [-0.39, 0.29) is 5.95 Å². The van der Waals surface area contributed by atoms with Crippen LogP contribution in [0.1, 0.15) is 13.3 Å². The standard InChI is InChI=1S/C22H22N6/c1-2-14-28(17-10-8-16(9-11-17)15-6-4-3-5-7-15)19-13-12-18-20(26-19)21(23)27-22(24)25-18/h3-13H,2,14H2,1H3,(H4,23,24,25,27). The summed E-state index contributed by atoms with van der Waals surface area (Å²) in [6.45, 7) is 2.98. The predicted octanol–water partition coefficient (Wildman–Crippen LogP) is 4.40. The molecule has 28 heavy (non-hydrogen) atoms. The zero-order valence-electron chi connectivity index (χ0n) is 15.7. The number of hydrogen-bond donors (Lipinski definition) is 2. The quantitative estimate of drug-likeness (QED) is 0.541. The van der Waals surface area contributed by atoms with Crippen LogP contribution in [-0.2, 0) is 0 Å². The molecule has 0 fully saturated rings. The Hall–Kier alpha value is -3.67. The van der Waals surface area contributed by atoms with Crippen LogP contribution in [0.15, 0.2) is 66.7 Å². The minimum Gasteiger partial charge on any atom is -0.382 e. The Morgan fingerprint density at radius 1 is 0.786 bits per heavy atom. The van der Waals surface area contributed by atoms with Gasteiger partial charge < -0.3 is 16.4 Å². The lowest BCUT2D eigenvalue weighted by Crippen LogP contribution is -2.19. The first-order chi connectivity index (χ1) is 13.7. The van der Waals surface area contributed by atoms with Gasteiger partial charge in [-0.3, -0.25) is 0 Å². The number of nitrogen functional groups attached to an aromatic ring is 2. The molecule has 4 rings (SSSR count). The molecule has 0 spiro atoms. The highest BCUT2D eigenvalue weighted by Crippen LogP contribution is 2.29. The van der Waals surface area contributed by atoms with Crippen LogP contribution >= 0.6 is 0 Å². The molecule has 0 aliphatic carbocycles. The average molecular weight is 370 g/mol. The third-order valence-electron chi connectivity index (χ3n) is 4.58. The molecule has 2 aromatic heterocycles. The predicted molar refractivity (Wildman–Crippen MR) is 115 cm³/mol. The molecule has 4 N–H and O–H groups in total. The molecule has 0 saturated heterocycles. The van der Waals surface area contributed by atoms with Gasteiger partial charge >= 0.3 is 0 Å². The third-order valence-corrected chi connectivity index (χ3v) is 4.58. The Morgan fingerprint density at radius 3 is 2.21 bits per heavy atom. The van der Waals surface area contributed by atoms with Crippen LogP contribution in [0.5, 0.6) is 0 Å². The minimum atomic E-state index is 0.154. The molecule has 0 aliphatic rings. The van der Waals surface area contributed by atoms with Gasteiger partial charge in [0, 0.05) is 12.2 Å². The first-order valence-electron chi connectivity index (χ1n) is 9.28. The van der Waals surface area contributed by atoms with E-state index in [2.05, 4.69) is 58.2 Å². The van der Waals surface area contributed by atoms with Crippen LogP contribution in [0, 0.1) is 0 Å². The van der Waals surface area contributed by atoms with Crippen molar-refractivity contribution >= 4 is 34.3 Å². The maximum absolute atomic E-state index is 6.01. The molecule has 140 valence electrons. The highest BCUT2D eigenvalue weighted by Gasteiger charge is 2.13. The van der Waals surface area contributed by atoms with E-state index < -0.39 is 0 Å². The molecule has 6 nitrogen and oxygen atoms in total. The van der Waals surface area contributed by atoms with Gasteiger partial charge in [-0.15, -0.1) is 0 Å². The van der Waals surface area contributed by atoms with Crippen molar-refractivity contribution in [3.8, 4) is 11.1 Å². The molecule has 0 atom stereocenters. The van der Waals surface area contributed by atoms with Crippen LogP contribution < -0.4 is 16.4 Å². The lowest BCUT2D eigenvalue weighted by molar-refractivity contribution is 0.874. The lowest BCUT2D eigenvalue weighted by Gasteiger charge is -2.24. The largest absolute Gasteiger partial charge is 0.382 e. The fourth-order valence-corrected chi connectivity index (χ4v) is 3.26. The van der Waals surface area contributed by atoms with Gasteiger partial charge in [0.1, 0.15) is 11.3 Å². The Balaban J connectivity index is 1.72. The Kier molecular flexibility index (Phi) is 4.76. The van der Waals surface area contributed by atoms with Crippen molar-refractivity contribution in [3.63, 3.8) is 0 Å². The molecule has 0 amide bonds. The van der Waals surface area contributed by atoms with Gasteiger partial charge in [-0.25, -0.2) is 9.97 Å². The first-order valence-corrected chi connectivity index (χ1v) is 9.28. The van der Waals surface area contributed by atoms with Crippen molar-refractivity contribution < 1.29 is 0 Å². The fraction of sp³-hybridized carbons (Fsp3) is 0.136. The summed E-state index contributed by atoms with van der Waals surface area (Å²) in [7, 11) is 0. The molecule has 0 saturated carbocycles. The van der Waals surface area contributed by atoms with E-state index >= 15 is 0 Å². The van der Waals surface area contributed by atoms with Gasteiger partial charge in [-0.05, 0) is 41.8 Å². The van der Waals surface area contributed by atoms with Crippen LogP contribution in [0.2, 0.25) is 0 Å². The number of anilines is 4. The monoisotopic (exact) mass is 370 g/mol. The summed E-state index contributed by atoms with van der Waals surface area (Å²) in [5.41, 5.74) is 16.4. The average Bonchev–Trinajstić information content (AvgIpc) is 2.73. The number of benzene rings is 2. The maximum atomic E-state index is 6.01. The normalized spacial score (nSPS) is 10.9. The van der Waals surface area contributed by atoms with Crippen molar-refractivity contribution in [2.45, 2.75) is 13.3 Å². The summed E-state index contributed by atoms with van der Waals surface area (Å²) in [5.74, 6) is 1.25. The molecule has 0 unspecified atom stereocenters.